The number of ketones is 2. The van der Waals surface area contributed by atoms with Gasteiger partial charge in [0.05, 0.1) is 0 Å². The van der Waals surface area contributed by atoms with E-state index in [1.165, 1.54) is 12.1 Å². The highest BCUT2D eigenvalue weighted by molar-refractivity contribution is 6.49. The van der Waals surface area contributed by atoms with Crippen molar-refractivity contribution in [1.29, 1.82) is 0 Å². The predicted molar refractivity (Wildman–Crippen MR) is 105 cm³/mol. The van der Waals surface area contributed by atoms with Gasteiger partial charge in [0.1, 0.15) is 16.8 Å². The second kappa shape index (κ2) is 6.98. The number of aliphatic carboxylic acids is 1. The van der Waals surface area contributed by atoms with E-state index in [9.17, 15) is 19.5 Å². The van der Waals surface area contributed by atoms with E-state index in [0.717, 1.165) is 16.5 Å². The summed E-state index contributed by atoms with van der Waals surface area (Å²) >= 11 is 6.13. The summed E-state index contributed by atoms with van der Waals surface area (Å²) in [6.45, 7) is 0. The quantitative estimate of drug-likeness (QED) is 0.616. The summed E-state index contributed by atoms with van der Waals surface area (Å²) in [5, 5.41) is 13.0. The Hall–Kier alpha value is -3.38. The van der Waals surface area contributed by atoms with Crippen molar-refractivity contribution in [2.75, 3.05) is 0 Å². The molecule has 0 saturated heterocycles. The maximum Gasteiger partial charge on any atom is 0.326 e. The minimum atomic E-state index is -1.15. The number of carboxylic acids is 1. The molecule has 1 atom stereocenters. The summed E-state index contributed by atoms with van der Waals surface area (Å²) in [5.41, 5.74) is 1.90. The molecule has 1 aromatic heterocycles. The van der Waals surface area contributed by atoms with Crippen molar-refractivity contribution >= 4 is 40.0 Å². The van der Waals surface area contributed by atoms with Crippen molar-refractivity contribution in [2.24, 2.45) is 0 Å². The molecular formula is C21H15ClN2O4. The lowest BCUT2D eigenvalue weighted by atomic mass is 9.92. The van der Waals surface area contributed by atoms with Crippen molar-refractivity contribution in [3.63, 3.8) is 0 Å². The fourth-order valence-corrected chi connectivity index (χ4v) is 3.61. The predicted octanol–water partition coefficient (Wildman–Crippen LogP) is 3.28. The molecule has 140 valence electrons. The van der Waals surface area contributed by atoms with Gasteiger partial charge in [0.2, 0.25) is 11.6 Å². The maximum absolute atomic E-state index is 12.8. The van der Waals surface area contributed by atoms with Crippen LogP contribution in [0.2, 0.25) is 0 Å². The number of nitrogens with one attached hydrogen (secondary N) is 2. The average molecular weight is 395 g/mol. The van der Waals surface area contributed by atoms with E-state index in [1.807, 2.05) is 24.3 Å². The molecule has 0 spiro atoms. The van der Waals surface area contributed by atoms with Gasteiger partial charge in [-0.3, -0.25) is 9.59 Å². The Kier molecular flexibility index (Phi) is 4.49. The number of hydrogen-bond acceptors (Lipinski definition) is 4. The molecule has 0 aliphatic heterocycles. The van der Waals surface area contributed by atoms with Crippen LogP contribution in [0.4, 0.5) is 0 Å². The Morgan fingerprint density at radius 2 is 1.68 bits per heavy atom. The SMILES string of the molecule is O=C1C(Cl)=C(NC(Cc2c[nH]c3ccccc23)C(=O)O)C(=O)c2ccccc21. The smallest absolute Gasteiger partial charge is 0.326 e. The zero-order valence-electron chi connectivity index (χ0n) is 14.5. The Balaban J connectivity index is 1.67. The van der Waals surface area contributed by atoms with Crippen LogP contribution in [-0.4, -0.2) is 33.7 Å². The third kappa shape index (κ3) is 2.97. The molecule has 0 fully saturated rings. The number of carboxylic acid groups (broad SMARTS) is 1. The van der Waals surface area contributed by atoms with Gasteiger partial charge >= 0.3 is 5.97 Å². The number of Topliss-reactive ketones (excluding diaryl/α,β-unsaturated/α-hetero) is 2. The van der Waals surface area contributed by atoms with Crippen molar-refractivity contribution in [3.8, 4) is 0 Å². The summed E-state index contributed by atoms with van der Waals surface area (Å²) in [4.78, 5) is 40.2. The first-order chi connectivity index (χ1) is 13.5. The van der Waals surface area contributed by atoms with Gasteiger partial charge in [-0.1, -0.05) is 54.1 Å². The number of aromatic nitrogens is 1. The molecule has 1 unspecified atom stereocenters. The van der Waals surface area contributed by atoms with Crippen LogP contribution in [0.1, 0.15) is 26.3 Å². The van der Waals surface area contributed by atoms with Gasteiger partial charge < -0.3 is 15.4 Å². The van der Waals surface area contributed by atoms with Crippen molar-refractivity contribution in [2.45, 2.75) is 12.5 Å². The molecule has 0 radical (unpaired) electrons. The van der Waals surface area contributed by atoms with Gasteiger partial charge in [0.15, 0.2) is 0 Å². The molecule has 2 aromatic carbocycles. The first-order valence-electron chi connectivity index (χ1n) is 8.60. The van der Waals surface area contributed by atoms with E-state index < -0.39 is 23.6 Å². The zero-order valence-corrected chi connectivity index (χ0v) is 15.3. The highest BCUT2D eigenvalue weighted by Gasteiger charge is 2.33. The number of halogens is 1. The third-order valence-electron chi connectivity index (χ3n) is 4.78. The van der Waals surface area contributed by atoms with E-state index in [2.05, 4.69) is 10.3 Å². The number of allylic oxidation sites excluding steroid dienone is 2. The van der Waals surface area contributed by atoms with Crippen LogP contribution >= 0.6 is 11.6 Å². The number of hydrogen-bond donors (Lipinski definition) is 3. The first-order valence-corrected chi connectivity index (χ1v) is 8.97. The van der Waals surface area contributed by atoms with Crippen molar-refractivity contribution in [3.05, 3.63) is 82.1 Å². The molecule has 1 aliphatic carbocycles. The summed E-state index contributed by atoms with van der Waals surface area (Å²) in [5.74, 6) is -2.15. The normalized spacial score (nSPS) is 14.9. The largest absolute Gasteiger partial charge is 0.480 e. The lowest BCUT2D eigenvalue weighted by Gasteiger charge is -2.22. The van der Waals surface area contributed by atoms with Gasteiger partial charge in [-0.05, 0) is 11.6 Å². The molecule has 6 nitrogen and oxygen atoms in total. The fraction of sp³-hybridized carbons (Fsp3) is 0.0952. The number of para-hydroxylation sites is 1. The monoisotopic (exact) mass is 394 g/mol. The highest BCUT2D eigenvalue weighted by atomic mass is 35.5. The van der Waals surface area contributed by atoms with Gasteiger partial charge in [-0.25, -0.2) is 4.79 Å². The Labute approximate surface area is 164 Å². The van der Waals surface area contributed by atoms with Crippen LogP contribution < -0.4 is 5.32 Å². The van der Waals surface area contributed by atoms with Gasteiger partial charge in [-0.15, -0.1) is 0 Å². The van der Waals surface area contributed by atoms with E-state index in [1.54, 1.807) is 18.3 Å². The standard InChI is InChI=1S/C21H15ClN2O4/c22-17-18(20(26)14-7-2-1-6-13(14)19(17)25)24-16(21(27)28)9-11-10-23-15-8-4-3-5-12(11)15/h1-8,10,16,23-24H,9H2,(H,27,28). The van der Waals surface area contributed by atoms with Crippen LogP contribution in [0.25, 0.3) is 10.9 Å². The number of benzene rings is 2. The van der Waals surface area contributed by atoms with Gasteiger partial charge in [0.25, 0.3) is 0 Å². The minimum Gasteiger partial charge on any atom is -0.480 e. The zero-order chi connectivity index (χ0) is 19.8. The molecule has 3 aromatic rings. The van der Waals surface area contributed by atoms with Crippen LogP contribution in [0, 0.1) is 0 Å². The number of carbonyl (C=O) groups is 3. The molecule has 0 saturated carbocycles. The Morgan fingerprint density at radius 3 is 2.39 bits per heavy atom. The van der Waals surface area contributed by atoms with E-state index in [-0.39, 0.29) is 28.3 Å². The van der Waals surface area contributed by atoms with Crippen LogP contribution in [0.5, 0.6) is 0 Å². The molecule has 0 bridgehead atoms. The molecule has 4 rings (SSSR count). The lowest BCUT2D eigenvalue weighted by molar-refractivity contribution is -0.139. The summed E-state index contributed by atoms with van der Waals surface area (Å²) in [6, 6.07) is 12.7. The highest BCUT2D eigenvalue weighted by Crippen LogP contribution is 2.28. The van der Waals surface area contributed by atoms with Crippen LogP contribution in [0.15, 0.2) is 65.5 Å². The molecule has 28 heavy (non-hydrogen) atoms. The fourth-order valence-electron chi connectivity index (χ4n) is 3.37. The molecule has 1 heterocycles. The maximum atomic E-state index is 12.8. The summed E-state index contributed by atoms with van der Waals surface area (Å²) in [7, 11) is 0. The number of rotatable bonds is 5. The number of aromatic amines is 1. The van der Waals surface area contributed by atoms with Gasteiger partial charge in [0, 0.05) is 34.6 Å². The van der Waals surface area contributed by atoms with Crippen LogP contribution in [-0.2, 0) is 11.2 Å². The number of fused-ring (bicyclic) bond motifs is 2. The van der Waals surface area contributed by atoms with Crippen molar-refractivity contribution in [1.82, 2.24) is 10.3 Å². The second-order valence-corrected chi connectivity index (χ2v) is 6.87. The van der Waals surface area contributed by atoms with Gasteiger partial charge in [-0.2, -0.15) is 0 Å². The van der Waals surface area contributed by atoms with E-state index >= 15 is 0 Å². The van der Waals surface area contributed by atoms with Crippen LogP contribution in [0.3, 0.4) is 0 Å². The molecule has 7 heteroatoms. The van der Waals surface area contributed by atoms with Crippen molar-refractivity contribution < 1.29 is 19.5 Å². The topological polar surface area (TPSA) is 99.3 Å². The Bertz CT molecular complexity index is 1160. The summed E-state index contributed by atoms with van der Waals surface area (Å²) in [6.07, 6.45) is 1.84. The molecule has 1 aliphatic rings. The molecule has 0 amide bonds. The minimum absolute atomic E-state index is 0.107. The van der Waals surface area contributed by atoms with E-state index in [4.69, 9.17) is 11.6 Å². The number of carbonyl (C=O) groups excluding carboxylic acids is 2. The lowest BCUT2D eigenvalue weighted by Crippen LogP contribution is -2.42. The summed E-state index contributed by atoms with van der Waals surface area (Å²) < 4.78 is 0. The third-order valence-corrected chi connectivity index (χ3v) is 5.14. The average Bonchev–Trinajstić information content (AvgIpc) is 3.11. The first kappa shape index (κ1) is 18.0. The second-order valence-electron chi connectivity index (χ2n) is 6.49. The number of H-pyrrole nitrogens is 1. The molecular weight excluding hydrogens is 380 g/mol. The van der Waals surface area contributed by atoms with E-state index in [0.29, 0.717) is 0 Å². The Morgan fingerprint density at radius 1 is 1.04 bits per heavy atom. The molecule has 3 N–H and O–H groups in total.